The number of rotatable bonds is 6. The molecule has 4 heteroatoms. The fraction of sp³-hybridized carbons (Fsp3) is 0.455. The maximum Gasteiger partial charge on any atom is 0.0450 e. The van der Waals surface area contributed by atoms with Crippen molar-refractivity contribution in [3.05, 3.63) is 34.9 Å². The van der Waals surface area contributed by atoms with Gasteiger partial charge in [0.1, 0.15) is 0 Å². The minimum Gasteiger partial charge on any atom is -0.312 e. The Labute approximate surface area is 98.5 Å². The van der Waals surface area contributed by atoms with Crippen LogP contribution in [0.15, 0.2) is 24.3 Å². The summed E-state index contributed by atoms with van der Waals surface area (Å²) in [5.74, 6) is 1.44. The molecular formula is C11H16ClNOS. The third-order valence-electron chi connectivity index (χ3n) is 2.10. The van der Waals surface area contributed by atoms with E-state index in [2.05, 4.69) is 5.32 Å². The molecule has 0 spiro atoms. The van der Waals surface area contributed by atoms with E-state index in [1.807, 2.05) is 31.2 Å². The molecule has 84 valence electrons. The van der Waals surface area contributed by atoms with Gasteiger partial charge in [-0.15, -0.1) is 0 Å². The second-order valence-electron chi connectivity index (χ2n) is 3.20. The summed E-state index contributed by atoms with van der Waals surface area (Å²) in [6, 6.07) is 7.75. The number of nitrogens with one attached hydrogen (secondary N) is 1. The van der Waals surface area contributed by atoms with Crippen molar-refractivity contribution in [3.63, 3.8) is 0 Å². The van der Waals surface area contributed by atoms with Crippen LogP contribution in [0.3, 0.4) is 0 Å². The molecule has 0 aliphatic carbocycles. The Morgan fingerprint density at radius 2 is 2.13 bits per heavy atom. The van der Waals surface area contributed by atoms with Gasteiger partial charge in [0.15, 0.2) is 0 Å². The van der Waals surface area contributed by atoms with Crippen LogP contribution in [-0.4, -0.2) is 22.3 Å². The zero-order valence-electron chi connectivity index (χ0n) is 8.83. The number of benzene rings is 1. The Morgan fingerprint density at radius 1 is 1.40 bits per heavy atom. The largest absolute Gasteiger partial charge is 0.312 e. The molecule has 0 heterocycles. The topological polar surface area (TPSA) is 29.1 Å². The van der Waals surface area contributed by atoms with Gasteiger partial charge in [0.05, 0.1) is 0 Å². The number of hydrogen-bond acceptors (Lipinski definition) is 2. The van der Waals surface area contributed by atoms with Crippen LogP contribution in [0.5, 0.6) is 0 Å². The molecule has 0 amide bonds. The molecule has 1 N–H and O–H groups in total. The van der Waals surface area contributed by atoms with Gasteiger partial charge in [-0.25, -0.2) is 0 Å². The van der Waals surface area contributed by atoms with Crippen LogP contribution in [0.2, 0.25) is 5.02 Å². The molecule has 0 aliphatic rings. The average Bonchev–Trinajstić information content (AvgIpc) is 2.26. The molecular weight excluding hydrogens is 230 g/mol. The zero-order chi connectivity index (χ0) is 11.1. The minimum absolute atomic E-state index is 0.686. The summed E-state index contributed by atoms with van der Waals surface area (Å²) >= 11 is 5.99. The van der Waals surface area contributed by atoms with Gasteiger partial charge < -0.3 is 5.32 Å². The second-order valence-corrected chi connectivity index (χ2v) is 5.47. The van der Waals surface area contributed by atoms with E-state index in [0.29, 0.717) is 5.75 Å². The Bertz CT molecular complexity index is 330. The molecule has 1 aromatic rings. The van der Waals surface area contributed by atoms with Crippen LogP contribution in [0.4, 0.5) is 0 Å². The third kappa shape index (κ3) is 4.78. The van der Waals surface area contributed by atoms with Crippen LogP contribution < -0.4 is 5.32 Å². The van der Waals surface area contributed by atoms with Crippen LogP contribution in [0.1, 0.15) is 12.5 Å². The fourth-order valence-electron chi connectivity index (χ4n) is 1.20. The van der Waals surface area contributed by atoms with Gasteiger partial charge in [0.2, 0.25) is 0 Å². The van der Waals surface area contributed by atoms with E-state index in [-0.39, 0.29) is 0 Å². The molecule has 0 aliphatic heterocycles. The fourth-order valence-corrected chi connectivity index (χ4v) is 2.06. The maximum absolute atomic E-state index is 11.1. The molecule has 0 radical (unpaired) electrons. The molecule has 1 rings (SSSR count). The highest BCUT2D eigenvalue weighted by Gasteiger charge is 1.99. The molecule has 0 fully saturated rings. The third-order valence-corrected chi connectivity index (χ3v) is 3.77. The van der Waals surface area contributed by atoms with Gasteiger partial charge in [0, 0.05) is 40.4 Å². The zero-order valence-corrected chi connectivity index (χ0v) is 10.4. The maximum atomic E-state index is 11.1. The lowest BCUT2D eigenvalue weighted by Crippen LogP contribution is -2.20. The first-order valence-electron chi connectivity index (χ1n) is 5.03. The SMILES string of the molecule is CCS(=O)CCNCc1ccccc1Cl. The molecule has 2 nitrogen and oxygen atoms in total. The van der Waals surface area contributed by atoms with Gasteiger partial charge in [-0.3, -0.25) is 4.21 Å². The molecule has 15 heavy (non-hydrogen) atoms. The van der Waals surface area contributed by atoms with Crippen LogP contribution in [-0.2, 0) is 17.3 Å². The van der Waals surface area contributed by atoms with E-state index in [0.717, 1.165) is 29.4 Å². The van der Waals surface area contributed by atoms with Crippen LogP contribution in [0.25, 0.3) is 0 Å². The van der Waals surface area contributed by atoms with E-state index < -0.39 is 10.8 Å². The molecule has 0 aromatic heterocycles. The summed E-state index contributed by atoms with van der Waals surface area (Å²) in [7, 11) is -0.686. The van der Waals surface area contributed by atoms with E-state index in [9.17, 15) is 4.21 Å². The Balaban J connectivity index is 2.26. The van der Waals surface area contributed by atoms with Gasteiger partial charge in [-0.1, -0.05) is 36.7 Å². The van der Waals surface area contributed by atoms with Gasteiger partial charge in [-0.05, 0) is 11.6 Å². The highest BCUT2D eigenvalue weighted by molar-refractivity contribution is 7.84. The first-order valence-corrected chi connectivity index (χ1v) is 6.89. The second kappa shape index (κ2) is 6.99. The predicted molar refractivity (Wildman–Crippen MR) is 66.7 cm³/mol. The lowest BCUT2D eigenvalue weighted by molar-refractivity contribution is 0.674. The Morgan fingerprint density at radius 3 is 2.80 bits per heavy atom. The van der Waals surface area contributed by atoms with Gasteiger partial charge >= 0.3 is 0 Å². The summed E-state index contributed by atoms with van der Waals surface area (Å²) in [6.45, 7) is 3.44. The van der Waals surface area contributed by atoms with Gasteiger partial charge in [0.25, 0.3) is 0 Å². The molecule has 0 bridgehead atoms. The average molecular weight is 246 g/mol. The highest BCUT2D eigenvalue weighted by Crippen LogP contribution is 2.13. The van der Waals surface area contributed by atoms with Crippen molar-refractivity contribution in [1.82, 2.24) is 5.32 Å². The van der Waals surface area contributed by atoms with Crippen LogP contribution >= 0.6 is 11.6 Å². The minimum atomic E-state index is -0.686. The molecule has 1 aromatic carbocycles. The van der Waals surface area contributed by atoms with Crippen molar-refractivity contribution in [2.75, 3.05) is 18.1 Å². The summed E-state index contributed by atoms with van der Waals surface area (Å²) in [5.41, 5.74) is 1.08. The lowest BCUT2D eigenvalue weighted by Gasteiger charge is -2.05. The van der Waals surface area contributed by atoms with Crippen molar-refractivity contribution < 1.29 is 4.21 Å². The highest BCUT2D eigenvalue weighted by atomic mass is 35.5. The van der Waals surface area contributed by atoms with Crippen molar-refractivity contribution in [2.24, 2.45) is 0 Å². The van der Waals surface area contributed by atoms with Crippen molar-refractivity contribution >= 4 is 22.4 Å². The van der Waals surface area contributed by atoms with Crippen molar-refractivity contribution in [2.45, 2.75) is 13.5 Å². The predicted octanol–water partition coefficient (Wildman–Crippen LogP) is 2.20. The first-order chi connectivity index (χ1) is 7.24. The van der Waals surface area contributed by atoms with Crippen molar-refractivity contribution in [1.29, 1.82) is 0 Å². The van der Waals surface area contributed by atoms with E-state index in [1.165, 1.54) is 0 Å². The molecule has 1 unspecified atom stereocenters. The van der Waals surface area contributed by atoms with Gasteiger partial charge in [-0.2, -0.15) is 0 Å². The quantitative estimate of drug-likeness (QED) is 0.779. The van der Waals surface area contributed by atoms with Crippen molar-refractivity contribution in [3.8, 4) is 0 Å². The number of hydrogen-bond donors (Lipinski definition) is 1. The summed E-state index contributed by atoms with van der Waals surface area (Å²) in [4.78, 5) is 0. The summed E-state index contributed by atoms with van der Waals surface area (Å²) < 4.78 is 11.1. The first kappa shape index (κ1) is 12.7. The van der Waals surface area contributed by atoms with E-state index in [4.69, 9.17) is 11.6 Å². The molecule has 0 saturated heterocycles. The molecule has 0 saturated carbocycles. The Kier molecular flexibility index (Phi) is 5.91. The normalized spacial score (nSPS) is 12.7. The van der Waals surface area contributed by atoms with E-state index >= 15 is 0 Å². The number of halogens is 1. The standard InChI is InChI=1S/C11H16ClNOS/c1-2-15(14)8-7-13-9-10-5-3-4-6-11(10)12/h3-6,13H,2,7-9H2,1H3. The summed E-state index contributed by atoms with van der Waals surface area (Å²) in [6.07, 6.45) is 0. The summed E-state index contributed by atoms with van der Waals surface area (Å²) in [5, 5.41) is 4.01. The van der Waals surface area contributed by atoms with Crippen LogP contribution in [0, 0.1) is 0 Å². The molecule has 1 atom stereocenters. The lowest BCUT2D eigenvalue weighted by atomic mass is 10.2. The Hall–Kier alpha value is -0.380. The monoisotopic (exact) mass is 245 g/mol. The smallest absolute Gasteiger partial charge is 0.0450 e. The van der Waals surface area contributed by atoms with E-state index in [1.54, 1.807) is 0 Å².